The highest BCUT2D eigenvalue weighted by molar-refractivity contribution is 6.30. The number of benzene rings is 1. The zero-order valence-electron chi connectivity index (χ0n) is 13.9. The number of halogens is 1. The quantitative estimate of drug-likeness (QED) is 0.810. The Morgan fingerprint density at radius 2 is 2.04 bits per heavy atom. The molecule has 1 aliphatic rings. The molecule has 1 amide bonds. The smallest absolute Gasteiger partial charge is 0.306 e. The van der Waals surface area contributed by atoms with Gasteiger partial charge in [0.25, 0.3) is 0 Å². The van der Waals surface area contributed by atoms with Gasteiger partial charge in [0.15, 0.2) is 0 Å². The molecule has 2 rings (SSSR count). The number of hydrogen-bond donors (Lipinski definition) is 1. The van der Waals surface area contributed by atoms with Gasteiger partial charge >= 0.3 is 5.97 Å². The number of esters is 1. The van der Waals surface area contributed by atoms with Crippen molar-refractivity contribution < 1.29 is 14.3 Å². The van der Waals surface area contributed by atoms with Crippen molar-refractivity contribution in [1.82, 2.24) is 5.32 Å². The molecule has 0 aromatic heterocycles. The van der Waals surface area contributed by atoms with Crippen LogP contribution in [0.15, 0.2) is 24.3 Å². The molecule has 0 spiro atoms. The van der Waals surface area contributed by atoms with Gasteiger partial charge in [0.2, 0.25) is 5.91 Å². The first-order chi connectivity index (χ1) is 10.8. The molecule has 1 N–H and O–H groups in total. The van der Waals surface area contributed by atoms with E-state index in [2.05, 4.69) is 26.1 Å². The summed E-state index contributed by atoms with van der Waals surface area (Å²) in [6.45, 7) is 6.60. The van der Waals surface area contributed by atoms with Crippen LogP contribution in [0.4, 0.5) is 0 Å². The van der Waals surface area contributed by atoms with Crippen LogP contribution in [0.5, 0.6) is 0 Å². The Labute approximate surface area is 142 Å². The van der Waals surface area contributed by atoms with Crippen LogP contribution < -0.4 is 5.32 Å². The fourth-order valence-corrected chi connectivity index (χ4v) is 2.87. The Hall–Kier alpha value is -1.55. The van der Waals surface area contributed by atoms with Crippen LogP contribution in [0.2, 0.25) is 5.02 Å². The average molecular weight is 338 g/mol. The Balaban J connectivity index is 2.00. The lowest BCUT2D eigenvalue weighted by molar-refractivity contribution is -0.138. The van der Waals surface area contributed by atoms with E-state index in [1.165, 1.54) is 0 Å². The number of carbonyl (C=O) groups is 2. The number of nitrogens with one attached hydrogen (secondary N) is 1. The molecule has 1 heterocycles. The normalized spacial score (nSPS) is 20.2. The predicted molar refractivity (Wildman–Crippen MR) is 90.2 cm³/mol. The first-order valence-corrected chi connectivity index (χ1v) is 8.37. The van der Waals surface area contributed by atoms with Crippen molar-refractivity contribution in [3.63, 3.8) is 0 Å². The lowest BCUT2D eigenvalue weighted by Gasteiger charge is -2.35. The van der Waals surface area contributed by atoms with Crippen molar-refractivity contribution in [2.45, 2.75) is 45.6 Å². The average Bonchev–Trinajstić information content (AvgIpc) is 2.86. The maximum Gasteiger partial charge on any atom is 0.306 e. The molecular weight excluding hydrogens is 314 g/mol. The van der Waals surface area contributed by atoms with Crippen LogP contribution in [0.1, 0.15) is 39.2 Å². The van der Waals surface area contributed by atoms with Gasteiger partial charge in [-0.1, -0.05) is 37.6 Å². The summed E-state index contributed by atoms with van der Waals surface area (Å²) in [6.07, 6.45) is 1.39. The summed E-state index contributed by atoms with van der Waals surface area (Å²) in [6, 6.07) is 7.69. The topological polar surface area (TPSA) is 55.4 Å². The molecule has 0 aliphatic carbocycles. The molecule has 126 valence electrons. The Morgan fingerprint density at radius 3 is 2.57 bits per heavy atom. The molecule has 4 nitrogen and oxygen atoms in total. The van der Waals surface area contributed by atoms with Crippen LogP contribution in [-0.2, 0) is 20.7 Å². The van der Waals surface area contributed by atoms with Gasteiger partial charge in [-0.25, -0.2) is 0 Å². The van der Waals surface area contributed by atoms with Crippen LogP contribution in [0, 0.1) is 11.8 Å². The lowest BCUT2D eigenvalue weighted by Crippen LogP contribution is -2.52. The molecule has 1 aromatic carbocycles. The molecule has 1 aliphatic heterocycles. The van der Waals surface area contributed by atoms with E-state index in [-0.39, 0.29) is 29.3 Å². The van der Waals surface area contributed by atoms with Crippen molar-refractivity contribution in [3.8, 4) is 0 Å². The highest BCUT2D eigenvalue weighted by atomic mass is 35.5. The molecule has 1 fully saturated rings. The number of ether oxygens (including phenoxy) is 1. The predicted octanol–water partition coefficient (Wildman–Crippen LogP) is 3.37. The SMILES string of the molecule is CC(C)C(C)(Cc1ccc(Cl)cc1)NC(=O)CC1COC(=O)C1. The number of carbonyl (C=O) groups excluding carboxylic acids is 2. The van der Waals surface area contributed by atoms with Crippen LogP contribution in [0.25, 0.3) is 0 Å². The minimum Gasteiger partial charge on any atom is -0.465 e. The van der Waals surface area contributed by atoms with E-state index in [0.717, 1.165) is 12.0 Å². The maximum absolute atomic E-state index is 12.4. The number of hydrogen-bond acceptors (Lipinski definition) is 3. The van der Waals surface area contributed by atoms with Gasteiger partial charge in [-0.05, 0) is 37.0 Å². The van der Waals surface area contributed by atoms with Crippen molar-refractivity contribution in [3.05, 3.63) is 34.9 Å². The van der Waals surface area contributed by atoms with Gasteiger partial charge in [0, 0.05) is 22.9 Å². The summed E-state index contributed by atoms with van der Waals surface area (Å²) in [4.78, 5) is 23.5. The first-order valence-electron chi connectivity index (χ1n) is 7.99. The van der Waals surface area contributed by atoms with Crippen molar-refractivity contribution in [2.24, 2.45) is 11.8 Å². The summed E-state index contributed by atoms with van der Waals surface area (Å²) in [5.74, 6) is 0.0204. The van der Waals surface area contributed by atoms with E-state index in [0.29, 0.717) is 24.5 Å². The summed E-state index contributed by atoms with van der Waals surface area (Å²) in [7, 11) is 0. The molecule has 23 heavy (non-hydrogen) atoms. The lowest BCUT2D eigenvalue weighted by atomic mass is 9.82. The summed E-state index contributed by atoms with van der Waals surface area (Å²) in [5.41, 5.74) is 0.777. The minimum absolute atomic E-state index is 0.00514. The summed E-state index contributed by atoms with van der Waals surface area (Å²) in [5, 5.41) is 3.86. The monoisotopic (exact) mass is 337 g/mol. The van der Waals surface area contributed by atoms with Crippen LogP contribution in [0.3, 0.4) is 0 Å². The van der Waals surface area contributed by atoms with Crippen molar-refractivity contribution in [2.75, 3.05) is 6.61 Å². The minimum atomic E-state index is -0.353. The molecular formula is C18H24ClNO3. The molecule has 0 bridgehead atoms. The van der Waals surface area contributed by atoms with Crippen LogP contribution >= 0.6 is 11.6 Å². The summed E-state index contributed by atoms with van der Waals surface area (Å²) >= 11 is 5.93. The zero-order chi connectivity index (χ0) is 17.0. The van der Waals surface area contributed by atoms with E-state index in [4.69, 9.17) is 16.3 Å². The van der Waals surface area contributed by atoms with Crippen LogP contribution in [-0.4, -0.2) is 24.0 Å². The Bertz CT molecular complexity index is 570. The molecule has 1 aromatic rings. The standard InChI is InChI=1S/C18H24ClNO3/c1-12(2)18(3,10-13-4-6-15(19)7-5-13)20-16(21)8-14-9-17(22)23-11-14/h4-7,12,14H,8-11H2,1-3H3,(H,20,21). The van der Waals surface area contributed by atoms with E-state index in [9.17, 15) is 9.59 Å². The number of amides is 1. The third-order valence-electron chi connectivity index (χ3n) is 4.59. The third kappa shape index (κ3) is 4.96. The van der Waals surface area contributed by atoms with E-state index in [1.807, 2.05) is 24.3 Å². The molecule has 2 atom stereocenters. The van der Waals surface area contributed by atoms with Gasteiger partial charge in [0.1, 0.15) is 0 Å². The van der Waals surface area contributed by atoms with E-state index < -0.39 is 0 Å². The molecule has 0 saturated carbocycles. The van der Waals surface area contributed by atoms with E-state index >= 15 is 0 Å². The Kier molecular flexibility index (Phi) is 5.69. The largest absolute Gasteiger partial charge is 0.465 e. The second kappa shape index (κ2) is 7.35. The zero-order valence-corrected chi connectivity index (χ0v) is 14.7. The van der Waals surface area contributed by atoms with Crippen molar-refractivity contribution in [1.29, 1.82) is 0 Å². The highest BCUT2D eigenvalue weighted by Crippen LogP contribution is 2.24. The second-order valence-corrected chi connectivity index (χ2v) is 7.32. The first kappa shape index (κ1) is 17.8. The molecule has 1 saturated heterocycles. The highest BCUT2D eigenvalue weighted by Gasteiger charge is 2.32. The van der Waals surface area contributed by atoms with Gasteiger partial charge in [0.05, 0.1) is 13.0 Å². The molecule has 0 radical (unpaired) electrons. The number of cyclic esters (lactones) is 1. The molecule has 5 heteroatoms. The second-order valence-electron chi connectivity index (χ2n) is 6.88. The van der Waals surface area contributed by atoms with Gasteiger partial charge in [-0.2, -0.15) is 0 Å². The molecule has 2 unspecified atom stereocenters. The van der Waals surface area contributed by atoms with E-state index in [1.54, 1.807) is 0 Å². The van der Waals surface area contributed by atoms with Crippen molar-refractivity contribution >= 4 is 23.5 Å². The van der Waals surface area contributed by atoms with Gasteiger partial charge < -0.3 is 10.1 Å². The maximum atomic E-state index is 12.4. The Morgan fingerprint density at radius 1 is 1.39 bits per heavy atom. The van der Waals surface area contributed by atoms with Gasteiger partial charge in [-0.15, -0.1) is 0 Å². The van der Waals surface area contributed by atoms with Gasteiger partial charge in [-0.3, -0.25) is 9.59 Å². The number of rotatable bonds is 6. The fraction of sp³-hybridized carbons (Fsp3) is 0.556. The third-order valence-corrected chi connectivity index (χ3v) is 4.85. The summed E-state index contributed by atoms with van der Waals surface area (Å²) < 4.78 is 4.92. The fourth-order valence-electron chi connectivity index (χ4n) is 2.75.